The highest BCUT2D eigenvalue weighted by Gasteiger charge is 2.34. The van der Waals surface area contributed by atoms with Gasteiger partial charge in [-0.3, -0.25) is 9.59 Å². The molecule has 9 nitrogen and oxygen atoms in total. The molecular formula is C30H41N3O6. The first kappa shape index (κ1) is 31.3. The molecule has 2 aromatic carbocycles. The molecule has 1 unspecified atom stereocenters. The van der Waals surface area contributed by atoms with Crippen LogP contribution in [0.15, 0.2) is 60.7 Å². The van der Waals surface area contributed by atoms with E-state index in [-0.39, 0.29) is 18.8 Å². The summed E-state index contributed by atoms with van der Waals surface area (Å²) < 4.78 is 5.39. The standard InChI is InChI=1S/C30H41N3O6/c1-19(2)17-24(28(36)37)32-26(34)23(18-21-13-9-7-10-14-21)31-27(35)25(33-29(38)39-30(4,5)6)20(3)22-15-11-8-12-16-22/h7-16,19-20,23-25H,17-18H2,1-6H3,(H,31,35)(H,32,34)(H,33,38)(H,36,37)/t20-,23?,24-,25-/m1/s1. The molecule has 0 bridgehead atoms. The molecule has 212 valence electrons. The summed E-state index contributed by atoms with van der Waals surface area (Å²) in [6.07, 6.45) is -0.399. The number of nitrogens with one attached hydrogen (secondary N) is 3. The summed E-state index contributed by atoms with van der Waals surface area (Å²) in [6, 6.07) is 15.1. The minimum Gasteiger partial charge on any atom is -0.480 e. The number of alkyl carbamates (subject to hydrolysis) is 1. The molecule has 0 spiro atoms. The zero-order valence-corrected chi connectivity index (χ0v) is 23.6. The first-order chi connectivity index (χ1) is 18.3. The van der Waals surface area contributed by atoms with E-state index in [9.17, 15) is 24.3 Å². The summed E-state index contributed by atoms with van der Waals surface area (Å²) in [5.74, 6) is -2.80. The van der Waals surface area contributed by atoms with Gasteiger partial charge in [0.2, 0.25) is 11.8 Å². The molecule has 9 heteroatoms. The topological polar surface area (TPSA) is 134 Å². The Morgan fingerprint density at radius 1 is 0.795 bits per heavy atom. The SMILES string of the molecule is CC(C)C[C@@H](NC(=O)C(Cc1ccccc1)NC(=O)[C@H](NC(=O)OC(C)(C)C)[C@H](C)c1ccccc1)C(=O)O. The molecule has 0 aliphatic rings. The molecule has 3 amide bonds. The van der Waals surface area contributed by atoms with Gasteiger partial charge in [0.1, 0.15) is 23.7 Å². The Hall–Kier alpha value is -3.88. The van der Waals surface area contributed by atoms with E-state index in [0.29, 0.717) is 0 Å². The van der Waals surface area contributed by atoms with Crippen LogP contribution >= 0.6 is 0 Å². The molecule has 0 fully saturated rings. The van der Waals surface area contributed by atoms with E-state index in [1.807, 2.05) is 74.5 Å². The predicted molar refractivity (Wildman–Crippen MR) is 149 cm³/mol. The summed E-state index contributed by atoms with van der Waals surface area (Å²) >= 11 is 0. The lowest BCUT2D eigenvalue weighted by molar-refractivity contribution is -0.142. The predicted octanol–water partition coefficient (Wildman–Crippen LogP) is 4.03. The fourth-order valence-electron chi connectivity index (χ4n) is 4.09. The smallest absolute Gasteiger partial charge is 0.408 e. The average Bonchev–Trinajstić information content (AvgIpc) is 2.85. The van der Waals surface area contributed by atoms with Gasteiger partial charge >= 0.3 is 12.1 Å². The number of hydrogen-bond donors (Lipinski definition) is 4. The third-order valence-corrected chi connectivity index (χ3v) is 6.02. The van der Waals surface area contributed by atoms with Crippen molar-refractivity contribution < 1.29 is 29.0 Å². The van der Waals surface area contributed by atoms with Crippen molar-refractivity contribution >= 4 is 23.9 Å². The largest absolute Gasteiger partial charge is 0.480 e. The van der Waals surface area contributed by atoms with Crippen molar-refractivity contribution in [3.05, 3.63) is 71.8 Å². The number of carboxylic acid groups (broad SMARTS) is 1. The second kappa shape index (κ2) is 14.3. The van der Waals surface area contributed by atoms with Crippen molar-refractivity contribution in [2.45, 2.75) is 84.0 Å². The summed E-state index contributed by atoms with van der Waals surface area (Å²) in [5.41, 5.74) is 0.807. The lowest BCUT2D eigenvalue weighted by Crippen LogP contribution is -2.57. The second-order valence-electron chi connectivity index (χ2n) is 11.1. The molecule has 2 aromatic rings. The molecule has 39 heavy (non-hydrogen) atoms. The molecule has 0 saturated heterocycles. The number of carbonyl (C=O) groups excluding carboxylic acids is 3. The quantitative estimate of drug-likeness (QED) is 0.322. The van der Waals surface area contributed by atoms with Gasteiger partial charge in [-0.2, -0.15) is 0 Å². The second-order valence-corrected chi connectivity index (χ2v) is 11.1. The van der Waals surface area contributed by atoms with Gasteiger partial charge in [-0.15, -0.1) is 0 Å². The highest BCUT2D eigenvalue weighted by molar-refractivity contribution is 5.93. The Morgan fingerprint density at radius 3 is 1.85 bits per heavy atom. The van der Waals surface area contributed by atoms with E-state index >= 15 is 0 Å². The van der Waals surface area contributed by atoms with Crippen LogP contribution < -0.4 is 16.0 Å². The van der Waals surface area contributed by atoms with Crippen molar-refractivity contribution in [1.82, 2.24) is 16.0 Å². The monoisotopic (exact) mass is 539 g/mol. The van der Waals surface area contributed by atoms with E-state index in [1.165, 1.54) is 0 Å². The van der Waals surface area contributed by atoms with Crippen LogP contribution in [-0.2, 0) is 25.5 Å². The normalized spacial score (nSPS) is 14.4. The van der Waals surface area contributed by atoms with E-state index in [1.54, 1.807) is 27.7 Å². The van der Waals surface area contributed by atoms with Crippen LogP contribution in [0.25, 0.3) is 0 Å². The number of hydrogen-bond acceptors (Lipinski definition) is 5. The summed E-state index contributed by atoms with van der Waals surface area (Å²) in [6.45, 7) is 10.7. The van der Waals surface area contributed by atoms with Gasteiger partial charge in [0.15, 0.2) is 0 Å². The fraction of sp³-hybridized carbons (Fsp3) is 0.467. The first-order valence-corrected chi connectivity index (χ1v) is 13.2. The number of ether oxygens (including phenoxy) is 1. The van der Waals surface area contributed by atoms with E-state index in [2.05, 4.69) is 16.0 Å². The molecule has 4 N–H and O–H groups in total. The van der Waals surface area contributed by atoms with Gasteiger partial charge in [-0.05, 0) is 44.2 Å². The van der Waals surface area contributed by atoms with Crippen molar-refractivity contribution in [2.75, 3.05) is 0 Å². The van der Waals surface area contributed by atoms with Gasteiger partial charge in [-0.25, -0.2) is 9.59 Å². The summed E-state index contributed by atoms with van der Waals surface area (Å²) in [7, 11) is 0. The van der Waals surface area contributed by atoms with E-state index < -0.39 is 53.5 Å². The maximum Gasteiger partial charge on any atom is 0.408 e. The zero-order valence-electron chi connectivity index (χ0n) is 23.6. The number of rotatable bonds is 12. The van der Waals surface area contributed by atoms with Gasteiger partial charge in [-0.1, -0.05) is 81.4 Å². The molecule has 4 atom stereocenters. The van der Waals surface area contributed by atoms with Gasteiger partial charge in [0.05, 0.1) is 0 Å². The first-order valence-electron chi connectivity index (χ1n) is 13.2. The van der Waals surface area contributed by atoms with Crippen LogP contribution in [0, 0.1) is 5.92 Å². The lowest BCUT2D eigenvalue weighted by atomic mass is 9.92. The van der Waals surface area contributed by atoms with Crippen molar-refractivity contribution in [3.8, 4) is 0 Å². The number of benzene rings is 2. The van der Waals surface area contributed by atoms with Gasteiger partial charge < -0.3 is 25.8 Å². The van der Waals surface area contributed by atoms with E-state index in [0.717, 1.165) is 11.1 Å². The van der Waals surface area contributed by atoms with Crippen LogP contribution in [0.3, 0.4) is 0 Å². The minimum absolute atomic E-state index is 0.0303. The number of aliphatic carboxylic acids is 1. The molecule has 0 heterocycles. The van der Waals surface area contributed by atoms with Crippen molar-refractivity contribution in [2.24, 2.45) is 5.92 Å². The molecule has 2 rings (SSSR count). The third kappa shape index (κ3) is 10.8. The lowest BCUT2D eigenvalue weighted by Gasteiger charge is -2.29. The highest BCUT2D eigenvalue weighted by Crippen LogP contribution is 2.20. The molecule has 0 aliphatic carbocycles. The van der Waals surface area contributed by atoms with Crippen LogP contribution in [0.4, 0.5) is 4.79 Å². The molecule has 0 aliphatic heterocycles. The van der Waals surface area contributed by atoms with Crippen LogP contribution in [0.5, 0.6) is 0 Å². The Balaban J connectivity index is 2.35. The molecule has 0 saturated carbocycles. The minimum atomic E-state index is -1.15. The van der Waals surface area contributed by atoms with Gasteiger partial charge in [0, 0.05) is 12.3 Å². The van der Waals surface area contributed by atoms with Gasteiger partial charge in [0.25, 0.3) is 0 Å². The summed E-state index contributed by atoms with van der Waals surface area (Å²) in [4.78, 5) is 51.5. The van der Waals surface area contributed by atoms with Crippen molar-refractivity contribution in [1.29, 1.82) is 0 Å². The van der Waals surface area contributed by atoms with Crippen LogP contribution in [-0.4, -0.2) is 52.7 Å². The fourth-order valence-corrected chi connectivity index (χ4v) is 4.09. The maximum absolute atomic E-state index is 13.7. The maximum atomic E-state index is 13.7. The molecule has 0 radical (unpaired) electrons. The number of amides is 3. The van der Waals surface area contributed by atoms with Crippen molar-refractivity contribution in [3.63, 3.8) is 0 Å². The van der Waals surface area contributed by atoms with E-state index in [4.69, 9.17) is 4.74 Å². The Morgan fingerprint density at radius 2 is 1.33 bits per heavy atom. The third-order valence-electron chi connectivity index (χ3n) is 6.02. The molecule has 0 aromatic heterocycles. The summed E-state index contributed by atoms with van der Waals surface area (Å²) in [5, 5.41) is 17.7. The average molecular weight is 540 g/mol. The Bertz CT molecular complexity index is 1100. The zero-order chi connectivity index (χ0) is 29.2. The Labute approximate surface area is 230 Å². The Kier molecular flexibility index (Phi) is 11.5. The van der Waals surface area contributed by atoms with Crippen LogP contribution in [0.1, 0.15) is 65.0 Å². The molecular weight excluding hydrogens is 498 g/mol. The number of carbonyl (C=O) groups is 4. The number of carboxylic acids is 1. The van der Waals surface area contributed by atoms with Crippen LogP contribution in [0.2, 0.25) is 0 Å². The highest BCUT2D eigenvalue weighted by atomic mass is 16.6.